The first-order valence-electron chi connectivity index (χ1n) is 20.4. The maximum atomic E-state index is 12.4. The summed E-state index contributed by atoms with van der Waals surface area (Å²) in [5.41, 5.74) is 7.03. The lowest BCUT2D eigenvalue weighted by atomic mass is 10.0. The number of carbonyl (C=O) groups excluding carboxylic acids is 2. The minimum Gasteiger partial charge on any atom is -0.373 e. The van der Waals surface area contributed by atoms with E-state index in [1.54, 1.807) is 0 Å². The summed E-state index contributed by atoms with van der Waals surface area (Å²) in [6.45, 7) is 7.09. The van der Waals surface area contributed by atoms with Crippen LogP contribution >= 0.6 is 0 Å². The Kier molecular flexibility index (Phi) is 10.5. The summed E-state index contributed by atoms with van der Waals surface area (Å²) in [6, 6.07) is 27.7. The number of fused-ring (bicyclic) bond motifs is 1. The molecular weight excluding hydrogens is 703 g/mol. The molecule has 3 saturated heterocycles. The standard InChI is InChI=1S/C43H51N11O2/c55-39-19-18-37(41(56)49-39)47-36-13-7-4-8-30(36)29-51-24-26-53(27-25-51)34-20-22-52(23-21-34)33-16-14-32(15-17-33)45-42-44-28-38-40(50-42)54(35-11-5-6-12-35)43(48-38)46-31-9-2-1-3-10-31/h1-4,7-10,13-17,28,34-35,37,47H,5-6,11-12,18-27,29H2,(H,46,48)(H,44,45,50)(H,49,55,56). The Morgan fingerprint density at radius 3 is 2.21 bits per heavy atom. The molecule has 5 aromatic rings. The molecule has 290 valence electrons. The van der Waals surface area contributed by atoms with Crippen LogP contribution in [0.15, 0.2) is 85.1 Å². The van der Waals surface area contributed by atoms with Crippen molar-refractivity contribution >= 4 is 57.6 Å². The Labute approximate surface area is 327 Å². The lowest BCUT2D eigenvalue weighted by Crippen LogP contribution is -2.53. The van der Waals surface area contributed by atoms with Crippen LogP contribution in [0, 0.1) is 0 Å². The molecule has 3 aliphatic heterocycles. The maximum Gasteiger partial charge on any atom is 0.249 e. The number of piperidine rings is 2. The molecule has 2 amide bonds. The van der Waals surface area contributed by atoms with E-state index in [1.165, 1.54) is 24.1 Å². The van der Waals surface area contributed by atoms with Gasteiger partial charge >= 0.3 is 0 Å². The Morgan fingerprint density at radius 1 is 0.714 bits per heavy atom. The van der Waals surface area contributed by atoms with Crippen molar-refractivity contribution in [2.75, 3.05) is 60.1 Å². The summed E-state index contributed by atoms with van der Waals surface area (Å²) in [5.74, 6) is 0.965. The van der Waals surface area contributed by atoms with Crippen LogP contribution in [-0.2, 0) is 16.1 Å². The van der Waals surface area contributed by atoms with Crippen LogP contribution < -0.4 is 26.2 Å². The molecule has 0 bridgehead atoms. The average molecular weight is 754 g/mol. The third kappa shape index (κ3) is 8.05. The number of imide groups is 1. The highest BCUT2D eigenvalue weighted by atomic mass is 16.2. The van der Waals surface area contributed by atoms with Crippen LogP contribution in [0.3, 0.4) is 0 Å². The van der Waals surface area contributed by atoms with E-state index in [0.29, 0.717) is 30.9 Å². The van der Waals surface area contributed by atoms with Crippen molar-refractivity contribution in [3.63, 3.8) is 0 Å². The summed E-state index contributed by atoms with van der Waals surface area (Å²) >= 11 is 0. The molecule has 5 heterocycles. The lowest BCUT2D eigenvalue weighted by Gasteiger charge is -2.43. The molecule has 1 unspecified atom stereocenters. The minimum atomic E-state index is -0.378. The number of anilines is 6. The number of hydrogen-bond acceptors (Lipinski definition) is 11. The molecule has 0 spiro atoms. The third-order valence-corrected chi connectivity index (χ3v) is 12.0. The van der Waals surface area contributed by atoms with Gasteiger partial charge in [0.2, 0.25) is 23.7 Å². The molecule has 3 aromatic carbocycles. The fourth-order valence-electron chi connectivity index (χ4n) is 8.92. The van der Waals surface area contributed by atoms with Gasteiger partial charge in [0.25, 0.3) is 0 Å². The fraction of sp³-hybridized carbons (Fsp3) is 0.419. The molecule has 0 radical (unpaired) electrons. The lowest BCUT2D eigenvalue weighted by molar-refractivity contribution is -0.133. The quantitative estimate of drug-likeness (QED) is 0.111. The van der Waals surface area contributed by atoms with Crippen molar-refractivity contribution in [3.8, 4) is 0 Å². The van der Waals surface area contributed by atoms with Gasteiger partial charge in [-0.1, -0.05) is 49.2 Å². The Hall–Kier alpha value is -5.53. The molecule has 13 nitrogen and oxygen atoms in total. The van der Waals surface area contributed by atoms with Gasteiger partial charge in [-0.25, -0.2) is 9.97 Å². The fourth-order valence-corrected chi connectivity index (χ4v) is 8.92. The van der Waals surface area contributed by atoms with Crippen LogP contribution in [0.5, 0.6) is 0 Å². The molecule has 1 saturated carbocycles. The van der Waals surface area contributed by atoms with Crippen LogP contribution in [-0.4, -0.2) is 92.5 Å². The van der Waals surface area contributed by atoms with E-state index in [4.69, 9.17) is 9.97 Å². The maximum absolute atomic E-state index is 12.4. The van der Waals surface area contributed by atoms with Gasteiger partial charge in [-0.2, -0.15) is 4.98 Å². The second kappa shape index (κ2) is 16.3. The van der Waals surface area contributed by atoms with Gasteiger partial charge in [0.15, 0.2) is 5.65 Å². The summed E-state index contributed by atoms with van der Waals surface area (Å²) in [4.78, 5) is 46.2. The first-order valence-corrected chi connectivity index (χ1v) is 20.4. The van der Waals surface area contributed by atoms with Crippen LogP contribution in [0.25, 0.3) is 11.2 Å². The third-order valence-electron chi connectivity index (χ3n) is 12.0. The Bertz CT molecular complexity index is 2130. The number of nitrogens with zero attached hydrogens (tertiary/aromatic N) is 7. The van der Waals surface area contributed by atoms with E-state index >= 15 is 0 Å². The van der Waals surface area contributed by atoms with E-state index in [2.05, 4.69) is 94.0 Å². The first kappa shape index (κ1) is 36.1. The van der Waals surface area contributed by atoms with E-state index in [9.17, 15) is 9.59 Å². The molecule has 9 rings (SSSR count). The SMILES string of the molecule is O=C1CCC(Nc2ccccc2CN2CCN(C3CCN(c4ccc(Nc5ncc6nc(Nc7ccccc7)n(C7CCCC7)c6n5)cc4)CC3)CC2)C(=O)N1. The molecule has 4 N–H and O–H groups in total. The molecule has 2 aromatic heterocycles. The number of carbonyl (C=O) groups is 2. The predicted molar refractivity (Wildman–Crippen MR) is 221 cm³/mol. The highest BCUT2D eigenvalue weighted by Gasteiger charge is 2.30. The van der Waals surface area contributed by atoms with Crippen molar-refractivity contribution in [1.29, 1.82) is 0 Å². The zero-order valence-electron chi connectivity index (χ0n) is 31.9. The van der Waals surface area contributed by atoms with Crippen LogP contribution in [0.1, 0.15) is 63.0 Å². The summed E-state index contributed by atoms with van der Waals surface area (Å²) in [5, 5.41) is 12.8. The van der Waals surface area contributed by atoms with E-state index in [0.717, 1.165) is 106 Å². The van der Waals surface area contributed by atoms with Gasteiger partial charge in [-0.15, -0.1) is 0 Å². The number of piperazine rings is 1. The smallest absolute Gasteiger partial charge is 0.249 e. The summed E-state index contributed by atoms with van der Waals surface area (Å²) < 4.78 is 2.28. The normalized spacial score (nSPS) is 20.4. The van der Waals surface area contributed by atoms with Gasteiger partial charge in [-0.3, -0.25) is 29.3 Å². The highest BCUT2D eigenvalue weighted by molar-refractivity contribution is 6.01. The number of hydrogen-bond donors (Lipinski definition) is 4. The van der Waals surface area contributed by atoms with Crippen molar-refractivity contribution in [2.45, 2.75) is 76.0 Å². The van der Waals surface area contributed by atoms with Crippen molar-refractivity contribution in [3.05, 3.63) is 90.6 Å². The largest absolute Gasteiger partial charge is 0.373 e. The molecule has 1 atom stereocenters. The van der Waals surface area contributed by atoms with Crippen molar-refractivity contribution in [1.82, 2.24) is 34.6 Å². The number of nitrogens with one attached hydrogen (secondary N) is 4. The predicted octanol–water partition coefficient (Wildman–Crippen LogP) is 6.43. The van der Waals surface area contributed by atoms with E-state index in [-0.39, 0.29) is 17.9 Å². The zero-order valence-corrected chi connectivity index (χ0v) is 31.9. The first-order chi connectivity index (χ1) is 27.5. The van der Waals surface area contributed by atoms with Gasteiger partial charge in [0.05, 0.1) is 6.20 Å². The van der Waals surface area contributed by atoms with Crippen LogP contribution in [0.2, 0.25) is 0 Å². The molecule has 13 heteroatoms. The minimum absolute atomic E-state index is 0.191. The second-order valence-corrected chi connectivity index (χ2v) is 15.6. The highest BCUT2D eigenvalue weighted by Crippen LogP contribution is 2.36. The second-order valence-electron chi connectivity index (χ2n) is 15.6. The molecule has 4 aliphatic rings. The zero-order chi connectivity index (χ0) is 37.8. The van der Waals surface area contributed by atoms with Crippen LogP contribution in [0.4, 0.5) is 34.6 Å². The number of benzene rings is 3. The van der Waals surface area contributed by atoms with Gasteiger partial charge < -0.3 is 20.9 Å². The number of imidazole rings is 1. The van der Waals surface area contributed by atoms with E-state index < -0.39 is 0 Å². The Morgan fingerprint density at radius 2 is 1.45 bits per heavy atom. The summed E-state index contributed by atoms with van der Waals surface area (Å²) in [6.07, 6.45) is 9.72. The number of amides is 2. The molecule has 1 aliphatic carbocycles. The van der Waals surface area contributed by atoms with Gasteiger partial charge in [-0.05, 0) is 80.1 Å². The molecular formula is C43H51N11O2. The van der Waals surface area contributed by atoms with E-state index in [1.807, 2.05) is 36.5 Å². The van der Waals surface area contributed by atoms with Crippen molar-refractivity contribution < 1.29 is 9.59 Å². The molecule has 56 heavy (non-hydrogen) atoms. The van der Waals surface area contributed by atoms with Crippen molar-refractivity contribution in [2.24, 2.45) is 0 Å². The number of aromatic nitrogens is 4. The summed E-state index contributed by atoms with van der Waals surface area (Å²) in [7, 11) is 0. The van der Waals surface area contributed by atoms with Gasteiger partial charge in [0, 0.05) is 87.1 Å². The topological polar surface area (TPSA) is 136 Å². The average Bonchev–Trinajstić information content (AvgIpc) is 3.88. The monoisotopic (exact) mass is 753 g/mol. The Balaban J connectivity index is 0.771. The number of rotatable bonds is 11. The number of para-hydroxylation sites is 2. The van der Waals surface area contributed by atoms with Gasteiger partial charge in [0.1, 0.15) is 11.6 Å². The molecule has 4 fully saturated rings.